The Morgan fingerprint density at radius 3 is 2.63 bits per heavy atom. The lowest BCUT2D eigenvalue weighted by Crippen LogP contribution is -2.05. The van der Waals surface area contributed by atoms with Gasteiger partial charge in [0.05, 0.1) is 10.2 Å². The number of furan rings is 1. The lowest BCUT2D eigenvalue weighted by molar-refractivity contribution is 0.524. The van der Waals surface area contributed by atoms with Gasteiger partial charge >= 0.3 is 0 Å². The Bertz CT molecular complexity index is 578. The molecule has 5 heteroatoms. The fourth-order valence-corrected chi connectivity index (χ4v) is 2.17. The highest BCUT2D eigenvalue weighted by Gasteiger charge is 2.14. The van der Waals surface area contributed by atoms with Gasteiger partial charge in [-0.2, -0.15) is 0 Å². The van der Waals surface area contributed by atoms with Crippen molar-refractivity contribution >= 4 is 21.7 Å². The van der Waals surface area contributed by atoms with Crippen LogP contribution in [0.25, 0.3) is 11.6 Å². The van der Waals surface area contributed by atoms with Gasteiger partial charge in [-0.25, -0.2) is 9.97 Å². The number of hydrogen-bond donors (Lipinski definition) is 1. The topological polar surface area (TPSA) is 64.9 Å². The lowest BCUT2D eigenvalue weighted by atomic mass is 10.1. The third-order valence-electron chi connectivity index (χ3n) is 2.78. The molecule has 2 aromatic heterocycles. The summed E-state index contributed by atoms with van der Waals surface area (Å²) >= 11 is 3.45. The van der Waals surface area contributed by atoms with Gasteiger partial charge in [0.2, 0.25) is 0 Å². The van der Waals surface area contributed by atoms with Crippen LogP contribution in [0.5, 0.6) is 0 Å². The summed E-state index contributed by atoms with van der Waals surface area (Å²) in [6.07, 6.45) is 1.70. The largest absolute Gasteiger partial charge is 0.458 e. The van der Waals surface area contributed by atoms with Crippen LogP contribution in [-0.2, 0) is 12.8 Å². The summed E-state index contributed by atoms with van der Waals surface area (Å²) in [5.41, 5.74) is 6.86. The maximum absolute atomic E-state index is 5.93. The van der Waals surface area contributed by atoms with E-state index in [9.17, 15) is 0 Å². The van der Waals surface area contributed by atoms with E-state index in [1.165, 1.54) is 0 Å². The Labute approximate surface area is 121 Å². The van der Waals surface area contributed by atoms with E-state index in [4.69, 9.17) is 10.2 Å². The molecule has 102 valence electrons. The molecule has 2 heterocycles. The first kappa shape index (κ1) is 14.1. The highest BCUT2D eigenvalue weighted by Crippen LogP contribution is 2.27. The summed E-state index contributed by atoms with van der Waals surface area (Å²) in [5, 5.41) is 0. The molecular weight excluding hydrogens is 306 g/mol. The van der Waals surface area contributed by atoms with Crippen LogP contribution in [0.2, 0.25) is 0 Å². The average Bonchev–Trinajstić information content (AvgIpc) is 2.82. The number of hydrogen-bond acceptors (Lipinski definition) is 4. The van der Waals surface area contributed by atoms with Crippen molar-refractivity contribution in [2.45, 2.75) is 33.6 Å². The van der Waals surface area contributed by atoms with E-state index in [2.05, 4.69) is 39.7 Å². The van der Waals surface area contributed by atoms with Crippen molar-refractivity contribution in [3.63, 3.8) is 0 Å². The molecule has 0 aromatic carbocycles. The van der Waals surface area contributed by atoms with Crippen molar-refractivity contribution in [3.05, 3.63) is 28.1 Å². The number of rotatable bonds is 4. The predicted molar refractivity (Wildman–Crippen MR) is 79.8 cm³/mol. The Kier molecular flexibility index (Phi) is 4.24. The van der Waals surface area contributed by atoms with E-state index >= 15 is 0 Å². The highest BCUT2D eigenvalue weighted by molar-refractivity contribution is 9.10. The van der Waals surface area contributed by atoms with Gasteiger partial charge in [-0.3, -0.25) is 0 Å². The van der Waals surface area contributed by atoms with Crippen molar-refractivity contribution in [3.8, 4) is 11.6 Å². The Balaban J connectivity index is 2.43. The third-order valence-corrected chi connectivity index (χ3v) is 3.64. The summed E-state index contributed by atoms with van der Waals surface area (Å²) in [5.74, 6) is 3.10. The van der Waals surface area contributed by atoms with Gasteiger partial charge in [-0.15, -0.1) is 0 Å². The highest BCUT2D eigenvalue weighted by atomic mass is 79.9. The van der Waals surface area contributed by atoms with Crippen LogP contribution in [0, 0.1) is 5.92 Å². The zero-order chi connectivity index (χ0) is 14.0. The minimum absolute atomic E-state index is 0.454. The summed E-state index contributed by atoms with van der Waals surface area (Å²) in [6, 6.07) is 3.83. The second-order valence-corrected chi connectivity index (χ2v) is 5.70. The number of anilines is 1. The quantitative estimate of drug-likeness (QED) is 0.928. The molecule has 0 atom stereocenters. The molecule has 0 aliphatic rings. The average molecular weight is 324 g/mol. The van der Waals surface area contributed by atoms with E-state index in [0.29, 0.717) is 23.3 Å². The molecule has 2 rings (SSSR count). The van der Waals surface area contributed by atoms with Gasteiger partial charge < -0.3 is 10.2 Å². The van der Waals surface area contributed by atoms with Crippen LogP contribution in [0.3, 0.4) is 0 Å². The molecule has 0 bridgehead atoms. The zero-order valence-corrected chi connectivity index (χ0v) is 13.0. The number of nitrogens with two attached hydrogens (primary N) is 1. The van der Waals surface area contributed by atoms with Gasteiger partial charge in [-0.1, -0.05) is 20.8 Å². The molecule has 0 unspecified atom stereocenters. The number of aromatic nitrogens is 2. The summed E-state index contributed by atoms with van der Waals surface area (Å²) in [6.45, 7) is 6.34. The van der Waals surface area contributed by atoms with Crippen LogP contribution in [-0.4, -0.2) is 9.97 Å². The summed E-state index contributed by atoms with van der Waals surface area (Å²) in [4.78, 5) is 8.84. The molecule has 0 saturated carbocycles. The van der Waals surface area contributed by atoms with Crippen LogP contribution in [0.15, 0.2) is 21.0 Å². The maximum Gasteiger partial charge on any atom is 0.197 e. The monoisotopic (exact) mass is 323 g/mol. The molecule has 0 fully saturated rings. The van der Waals surface area contributed by atoms with Crippen LogP contribution in [0.1, 0.15) is 32.2 Å². The van der Waals surface area contributed by atoms with Crippen molar-refractivity contribution in [2.24, 2.45) is 5.92 Å². The van der Waals surface area contributed by atoms with Crippen molar-refractivity contribution in [1.82, 2.24) is 9.97 Å². The summed E-state index contributed by atoms with van der Waals surface area (Å²) < 4.78 is 6.46. The second kappa shape index (κ2) is 5.74. The molecule has 2 N–H and O–H groups in total. The van der Waals surface area contributed by atoms with E-state index in [-0.39, 0.29) is 0 Å². The Morgan fingerprint density at radius 2 is 2.05 bits per heavy atom. The van der Waals surface area contributed by atoms with E-state index in [0.717, 1.165) is 28.8 Å². The van der Waals surface area contributed by atoms with E-state index < -0.39 is 0 Å². The lowest BCUT2D eigenvalue weighted by Gasteiger charge is -2.09. The molecule has 19 heavy (non-hydrogen) atoms. The first-order valence-corrected chi connectivity index (χ1v) is 7.21. The molecule has 0 saturated heterocycles. The van der Waals surface area contributed by atoms with Gasteiger partial charge in [0.1, 0.15) is 11.6 Å². The first-order chi connectivity index (χ1) is 9.01. The van der Waals surface area contributed by atoms with Crippen LogP contribution >= 0.6 is 15.9 Å². The zero-order valence-electron chi connectivity index (χ0n) is 11.4. The van der Waals surface area contributed by atoms with E-state index in [1.54, 1.807) is 0 Å². The standard InChI is InChI=1S/C14H18BrN3O/c1-4-9-5-6-11(19-9)14-17-10(7-8(2)3)12(15)13(16)18-14/h5-6,8H,4,7H2,1-3H3,(H2,16,17,18). The third kappa shape index (κ3) is 3.15. The first-order valence-electron chi connectivity index (χ1n) is 6.42. The van der Waals surface area contributed by atoms with Gasteiger partial charge in [0.15, 0.2) is 11.6 Å². The minimum atomic E-state index is 0.454. The fraction of sp³-hybridized carbons (Fsp3) is 0.429. The van der Waals surface area contributed by atoms with Gasteiger partial charge in [0, 0.05) is 6.42 Å². The molecule has 0 radical (unpaired) electrons. The molecule has 2 aromatic rings. The predicted octanol–water partition coefficient (Wildman–Crippen LogP) is 3.84. The Hall–Kier alpha value is -1.36. The van der Waals surface area contributed by atoms with E-state index in [1.807, 2.05) is 19.1 Å². The van der Waals surface area contributed by atoms with Crippen molar-refractivity contribution in [2.75, 3.05) is 5.73 Å². The molecule has 0 spiro atoms. The summed E-state index contributed by atoms with van der Waals surface area (Å²) in [7, 11) is 0. The minimum Gasteiger partial charge on any atom is -0.458 e. The number of nitrogen functional groups attached to an aromatic ring is 1. The fourth-order valence-electron chi connectivity index (χ4n) is 1.83. The molecule has 4 nitrogen and oxygen atoms in total. The number of halogens is 1. The number of aryl methyl sites for hydroxylation is 1. The van der Waals surface area contributed by atoms with Gasteiger partial charge in [0.25, 0.3) is 0 Å². The normalized spacial score (nSPS) is 11.2. The molecule has 0 aliphatic carbocycles. The smallest absolute Gasteiger partial charge is 0.197 e. The SMILES string of the molecule is CCc1ccc(-c2nc(N)c(Br)c(CC(C)C)n2)o1. The van der Waals surface area contributed by atoms with Crippen LogP contribution in [0.4, 0.5) is 5.82 Å². The molecular formula is C14H18BrN3O. The Morgan fingerprint density at radius 1 is 1.32 bits per heavy atom. The number of nitrogens with zero attached hydrogens (tertiary/aromatic N) is 2. The molecule has 0 amide bonds. The molecule has 0 aliphatic heterocycles. The second-order valence-electron chi connectivity index (χ2n) is 4.91. The van der Waals surface area contributed by atoms with Crippen molar-refractivity contribution in [1.29, 1.82) is 0 Å². The van der Waals surface area contributed by atoms with Gasteiger partial charge in [-0.05, 0) is 40.4 Å². The van der Waals surface area contributed by atoms with Crippen molar-refractivity contribution < 1.29 is 4.42 Å². The maximum atomic E-state index is 5.93. The van der Waals surface area contributed by atoms with Crippen LogP contribution < -0.4 is 5.73 Å².